The monoisotopic (exact) mass is 740 g/mol. The number of aliphatic hydroxyl groups excluding tert-OH is 1. The van der Waals surface area contributed by atoms with Crippen molar-refractivity contribution in [3.63, 3.8) is 0 Å². The van der Waals surface area contributed by atoms with Crippen LogP contribution in [0.2, 0.25) is 0 Å². The van der Waals surface area contributed by atoms with E-state index in [1.807, 2.05) is 46.0 Å². The number of fused-ring (bicyclic) bond motifs is 4. The van der Waals surface area contributed by atoms with Crippen molar-refractivity contribution in [3.8, 4) is 11.3 Å². The second kappa shape index (κ2) is 14.3. The number of aliphatic hydroxyl groups is 1. The minimum atomic E-state index is -0.0316. The van der Waals surface area contributed by atoms with Crippen LogP contribution in [0.15, 0.2) is 77.0 Å². The van der Waals surface area contributed by atoms with Crippen LogP contribution in [0.25, 0.3) is 44.0 Å². The molecule has 2 aromatic heterocycles. The standard InChI is InChI=1S/C27H22NO.C9H16O2.CH3.Ir/c1-17-14-23-22-8-4-5-9-25(22)29-27(23)24(15-17)26-21-11-10-19(18-6-2-3-7-18)16-20(21)12-13-28-26;1-6(2)8(10)5-9(11)7(3)4;;/h4-5,8-14,16,18H,2-3,6-7H2,1H3;5-7,10H,1-4H3;1H3;/q-1;;-1;/b;8-5-;;. The topological polar surface area (TPSA) is 63.3 Å². The first-order valence-electron chi connectivity index (χ1n) is 14.4. The van der Waals surface area contributed by atoms with Gasteiger partial charge in [0.05, 0.1) is 11.3 Å². The number of para-hydroxylation sites is 1. The Hall–Kier alpha value is -3.27. The molecule has 1 saturated carbocycles. The van der Waals surface area contributed by atoms with Crippen LogP contribution in [-0.4, -0.2) is 15.9 Å². The van der Waals surface area contributed by atoms with E-state index in [0.717, 1.165) is 44.1 Å². The van der Waals surface area contributed by atoms with Crippen molar-refractivity contribution in [2.24, 2.45) is 11.8 Å². The van der Waals surface area contributed by atoms with Gasteiger partial charge in [0.2, 0.25) is 0 Å². The molecule has 4 nitrogen and oxygen atoms in total. The van der Waals surface area contributed by atoms with E-state index in [4.69, 9.17) is 9.40 Å². The van der Waals surface area contributed by atoms with Gasteiger partial charge in [0.1, 0.15) is 5.58 Å². The molecule has 3 aromatic carbocycles. The second-order valence-corrected chi connectivity index (χ2v) is 11.6. The number of nitrogens with zero attached hydrogens (tertiary/aromatic N) is 1. The third-order valence-corrected chi connectivity index (χ3v) is 7.85. The normalized spacial score (nSPS) is 13.7. The molecule has 0 spiro atoms. The maximum atomic E-state index is 11.0. The van der Waals surface area contributed by atoms with Crippen LogP contribution in [-0.2, 0) is 24.9 Å². The quantitative estimate of drug-likeness (QED) is 0.111. The van der Waals surface area contributed by atoms with Gasteiger partial charge in [-0.25, -0.2) is 0 Å². The van der Waals surface area contributed by atoms with Crippen molar-refractivity contribution in [2.75, 3.05) is 0 Å². The van der Waals surface area contributed by atoms with Gasteiger partial charge < -0.3 is 21.9 Å². The number of furan rings is 1. The summed E-state index contributed by atoms with van der Waals surface area (Å²) in [6.07, 6.45) is 8.57. The Morgan fingerprint density at radius 2 is 1.69 bits per heavy atom. The van der Waals surface area contributed by atoms with Crippen molar-refractivity contribution in [1.29, 1.82) is 0 Å². The van der Waals surface area contributed by atoms with Crippen LogP contribution < -0.4 is 0 Å². The Kier molecular flexibility index (Phi) is 11.3. The van der Waals surface area contributed by atoms with E-state index in [0.29, 0.717) is 5.92 Å². The summed E-state index contributed by atoms with van der Waals surface area (Å²) >= 11 is 0. The number of rotatable bonds is 5. The van der Waals surface area contributed by atoms with Crippen LogP contribution in [0, 0.1) is 32.3 Å². The van der Waals surface area contributed by atoms with E-state index in [-0.39, 0.29) is 50.9 Å². The number of carbonyl (C=O) groups is 1. The van der Waals surface area contributed by atoms with Crippen LogP contribution in [0.4, 0.5) is 0 Å². The van der Waals surface area contributed by atoms with Gasteiger partial charge >= 0.3 is 0 Å². The first-order valence-corrected chi connectivity index (χ1v) is 14.4. The molecule has 42 heavy (non-hydrogen) atoms. The summed E-state index contributed by atoms with van der Waals surface area (Å²) in [6.45, 7) is 9.41. The van der Waals surface area contributed by atoms with Gasteiger partial charge in [-0.3, -0.25) is 4.79 Å². The van der Waals surface area contributed by atoms with Crippen LogP contribution >= 0.6 is 0 Å². The third kappa shape index (κ3) is 7.02. The molecule has 5 aromatic rings. The SMILES string of the molecule is CC(C)C(=O)/C=C(\O)C(C)C.Cc1[c-]c(-c2nccc3cc(C4CCCC4)ccc23)c2oc3ccccc3c2c1.[CH3-].[Ir]. The predicted molar refractivity (Wildman–Crippen MR) is 171 cm³/mol. The number of allylic oxidation sites excluding steroid dienone is 2. The van der Waals surface area contributed by atoms with Crippen molar-refractivity contribution in [3.05, 3.63) is 97.2 Å². The number of ketones is 1. The maximum absolute atomic E-state index is 11.0. The molecule has 1 aliphatic rings. The Bertz CT molecular complexity index is 1710. The molecular weight excluding hydrogens is 699 g/mol. The molecule has 1 N–H and O–H groups in total. The van der Waals surface area contributed by atoms with Crippen molar-refractivity contribution >= 4 is 38.5 Å². The zero-order valence-electron chi connectivity index (χ0n) is 25.5. The molecular formula is C37H41IrNO3-2. The summed E-state index contributed by atoms with van der Waals surface area (Å²) in [4.78, 5) is 15.8. The van der Waals surface area contributed by atoms with E-state index in [1.165, 1.54) is 42.7 Å². The molecule has 6 rings (SSSR count). The number of aryl methyl sites for hydroxylation is 1. The first kappa shape index (κ1) is 33.2. The van der Waals surface area contributed by atoms with Crippen molar-refractivity contribution in [2.45, 2.75) is 66.2 Å². The van der Waals surface area contributed by atoms with E-state index in [9.17, 15) is 9.90 Å². The number of carbonyl (C=O) groups excluding carboxylic acids is 1. The number of hydrogen-bond acceptors (Lipinski definition) is 4. The molecule has 5 heteroatoms. The molecule has 0 amide bonds. The van der Waals surface area contributed by atoms with E-state index < -0.39 is 0 Å². The molecule has 1 fully saturated rings. The van der Waals surface area contributed by atoms with Crippen LogP contribution in [0.5, 0.6) is 0 Å². The fourth-order valence-electron chi connectivity index (χ4n) is 5.46. The molecule has 0 saturated heterocycles. The van der Waals surface area contributed by atoms with E-state index >= 15 is 0 Å². The molecule has 0 aliphatic heterocycles. The van der Waals surface area contributed by atoms with E-state index in [2.05, 4.69) is 55.5 Å². The van der Waals surface area contributed by atoms with Crippen LogP contribution in [0.1, 0.15) is 70.4 Å². The minimum Gasteiger partial charge on any atom is -0.512 e. The summed E-state index contributed by atoms with van der Waals surface area (Å²) in [5.41, 5.74) is 6.25. The molecule has 0 unspecified atom stereocenters. The zero-order chi connectivity index (χ0) is 28.4. The van der Waals surface area contributed by atoms with Gasteiger partial charge in [-0.05, 0) is 52.9 Å². The zero-order valence-corrected chi connectivity index (χ0v) is 27.9. The first-order chi connectivity index (χ1) is 19.2. The Labute approximate surface area is 263 Å². The second-order valence-electron chi connectivity index (χ2n) is 11.6. The summed E-state index contributed by atoms with van der Waals surface area (Å²) in [7, 11) is 0. The van der Waals surface area contributed by atoms with Gasteiger partial charge in [0.25, 0.3) is 0 Å². The summed E-state index contributed by atoms with van der Waals surface area (Å²) in [5, 5.41) is 13.9. The number of hydrogen-bond donors (Lipinski definition) is 1. The Morgan fingerprint density at radius 1 is 0.976 bits per heavy atom. The average Bonchev–Trinajstić information content (AvgIpc) is 3.61. The number of pyridine rings is 1. The summed E-state index contributed by atoms with van der Waals surface area (Å²) in [5.74, 6) is 0.872. The minimum absolute atomic E-state index is 0. The van der Waals surface area contributed by atoms with Crippen molar-refractivity contribution < 1.29 is 34.4 Å². The van der Waals surface area contributed by atoms with Gasteiger partial charge in [-0.15, -0.1) is 17.7 Å². The molecule has 1 radical (unpaired) electrons. The number of benzene rings is 3. The van der Waals surface area contributed by atoms with Gasteiger partial charge in [-0.1, -0.05) is 94.8 Å². The number of aromatic nitrogens is 1. The van der Waals surface area contributed by atoms with Gasteiger partial charge in [0.15, 0.2) is 5.78 Å². The molecule has 1 aliphatic carbocycles. The Morgan fingerprint density at radius 3 is 2.38 bits per heavy atom. The average molecular weight is 740 g/mol. The van der Waals surface area contributed by atoms with Crippen molar-refractivity contribution in [1.82, 2.24) is 4.98 Å². The molecule has 223 valence electrons. The van der Waals surface area contributed by atoms with E-state index in [1.54, 1.807) is 0 Å². The van der Waals surface area contributed by atoms with Gasteiger partial charge in [-0.2, -0.15) is 0 Å². The molecule has 0 bridgehead atoms. The third-order valence-electron chi connectivity index (χ3n) is 7.85. The fraction of sp³-hybridized carbons (Fsp3) is 0.324. The largest absolute Gasteiger partial charge is 0.512 e. The molecule has 0 atom stereocenters. The smallest absolute Gasteiger partial charge is 0.161 e. The predicted octanol–water partition coefficient (Wildman–Crippen LogP) is 10.3. The fourth-order valence-corrected chi connectivity index (χ4v) is 5.46. The van der Waals surface area contributed by atoms with Crippen LogP contribution in [0.3, 0.4) is 0 Å². The summed E-state index contributed by atoms with van der Waals surface area (Å²) in [6, 6.07) is 23.0. The maximum Gasteiger partial charge on any atom is 0.161 e. The Balaban J connectivity index is 0.000000323. The van der Waals surface area contributed by atoms with Gasteiger partial charge in [0, 0.05) is 49.6 Å². The summed E-state index contributed by atoms with van der Waals surface area (Å²) < 4.78 is 6.28. The molecule has 2 heterocycles.